The van der Waals surface area contributed by atoms with E-state index >= 15 is 0 Å². The van der Waals surface area contributed by atoms with Crippen molar-refractivity contribution < 1.29 is 9.47 Å². The van der Waals surface area contributed by atoms with Crippen LogP contribution in [0, 0.1) is 0 Å². The Hall–Kier alpha value is -2.49. The van der Waals surface area contributed by atoms with E-state index in [2.05, 4.69) is 43.0 Å². The van der Waals surface area contributed by atoms with Crippen molar-refractivity contribution in [3.63, 3.8) is 0 Å². The summed E-state index contributed by atoms with van der Waals surface area (Å²) in [5, 5.41) is 10.1. The summed E-state index contributed by atoms with van der Waals surface area (Å²) >= 11 is 0. The third-order valence-electron chi connectivity index (χ3n) is 5.28. The van der Waals surface area contributed by atoms with E-state index in [-0.39, 0.29) is 0 Å². The zero-order valence-electron chi connectivity index (χ0n) is 18.9. The smallest absolute Gasteiger partial charge is 0.229 e. The average molecular weight is 444 g/mol. The fraction of sp³-hybridized carbons (Fsp3) is 0.609. The second-order valence-electron chi connectivity index (χ2n) is 7.92. The van der Waals surface area contributed by atoms with Crippen LogP contribution in [-0.4, -0.2) is 60.5 Å². The first-order chi connectivity index (χ1) is 15.8. The van der Waals surface area contributed by atoms with E-state index in [9.17, 15) is 0 Å². The molecule has 0 unspecified atom stereocenters. The van der Waals surface area contributed by atoms with Gasteiger partial charge in [-0.25, -0.2) is 0 Å². The van der Waals surface area contributed by atoms with Gasteiger partial charge < -0.3 is 31.2 Å². The highest BCUT2D eigenvalue weighted by Gasteiger charge is 2.15. The number of hydrogen-bond donors (Lipinski definition) is 4. The lowest BCUT2D eigenvalue weighted by molar-refractivity contribution is 0.0547. The van der Waals surface area contributed by atoms with Gasteiger partial charge in [0.25, 0.3) is 0 Å². The van der Waals surface area contributed by atoms with Gasteiger partial charge in [0, 0.05) is 25.7 Å². The Morgan fingerprint density at radius 3 is 2.16 bits per heavy atom. The first-order valence-corrected chi connectivity index (χ1v) is 11.7. The molecule has 176 valence electrons. The third kappa shape index (κ3) is 9.33. The maximum atomic E-state index is 5.57. The van der Waals surface area contributed by atoms with Crippen molar-refractivity contribution in [1.82, 2.24) is 15.0 Å². The molecule has 9 nitrogen and oxygen atoms in total. The molecule has 1 aliphatic rings. The molecular weight excluding hydrogens is 406 g/mol. The molecular formula is C23H37N7O2. The van der Waals surface area contributed by atoms with Crippen molar-refractivity contribution >= 4 is 17.8 Å². The zero-order chi connectivity index (χ0) is 22.3. The molecule has 3 rings (SSSR count). The van der Waals surface area contributed by atoms with Crippen molar-refractivity contribution in [3.8, 4) is 0 Å². The van der Waals surface area contributed by atoms with E-state index < -0.39 is 0 Å². The fourth-order valence-electron chi connectivity index (χ4n) is 3.62. The van der Waals surface area contributed by atoms with E-state index in [4.69, 9.17) is 15.2 Å². The molecule has 0 bridgehead atoms. The largest absolute Gasteiger partial charge is 0.378 e. The van der Waals surface area contributed by atoms with Crippen LogP contribution in [0.25, 0.3) is 0 Å². The molecule has 2 aromatic rings. The van der Waals surface area contributed by atoms with Crippen LogP contribution in [0.3, 0.4) is 0 Å². The molecule has 1 aromatic heterocycles. The summed E-state index contributed by atoms with van der Waals surface area (Å²) in [7, 11) is 0. The molecule has 1 fully saturated rings. The maximum absolute atomic E-state index is 5.57. The van der Waals surface area contributed by atoms with Crippen LogP contribution in [0.2, 0.25) is 0 Å². The minimum atomic E-state index is 0.409. The fourth-order valence-corrected chi connectivity index (χ4v) is 3.62. The monoisotopic (exact) mass is 443 g/mol. The topological polar surface area (TPSA) is 119 Å². The quantitative estimate of drug-likeness (QED) is 0.258. The lowest BCUT2D eigenvalue weighted by Crippen LogP contribution is -2.22. The van der Waals surface area contributed by atoms with Gasteiger partial charge in [0.1, 0.15) is 0 Å². The molecule has 1 heterocycles. The Balaban J connectivity index is 1.55. The number of nitrogens with two attached hydrogens (primary N) is 1. The second-order valence-corrected chi connectivity index (χ2v) is 7.92. The second kappa shape index (κ2) is 14.5. The van der Waals surface area contributed by atoms with E-state index in [1.807, 2.05) is 18.2 Å². The average Bonchev–Trinajstić information content (AvgIpc) is 3.09. The summed E-state index contributed by atoms with van der Waals surface area (Å²) in [6, 6.07) is 10.6. The first-order valence-electron chi connectivity index (χ1n) is 11.7. The van der Waals surface area contributed by atoms with Crippen LogP contribution >= 0.6 is 0 Å². The maximum Gasteiger partial charge on any atom is 0.229 e. The number of hydrogen-bond acceptors (Lipinski definition) is 9. The van der Waals surface area contributed by atoms with Gasteiger partial charge in [0.05, 0.1) is 26.4 Å². The summed E-state index contributed by atoms with van der Waals surface area (Å²) in [4.78, 5) is 13.7. The van der Waals surface area contributed by atoms with Crippen LogP contribution < -0.4 is 21.7 Å². The highest BCUT2D eigenvalue weighted by Crippen LogP contribution is 2.20. The molecule has 0 amide bonds. The zero-order valence-corrected chi connectivity index (χ0v) is 18.9. The SMILES string of the molecule is NCCOCCOCCNc1nc(NCc2ccccc2)nc(NC2CCCCCC2)n1. The molecule has 0 atom stereocenters. The highest BCUT2D eigenvalue weighted by molar-refractivity contribution is 5.43. The highest BCUT2D eigenvalue weighted by atomic mass is 16.5. The van der Waals surface area contributed by atoms with Crippen molar-refractivity contribution in [2.75, 3.05) is 55.5 Å². The number of rotatable bonds is 14. The Bertz CT molecular complexity index is 755. The van der Waals surface area contributed by atoms with Crippen LogP contribution in [0.4, 0.5) is 17.8 Å². The number of aromatic nitrogens is 3. The number of nitrogens with zero attached hydrogens (tertiary/aromatic N) is 3. The summed E-state index contributed by atoms with van der Waals surface area (Å²) in [6.45, 7) is 3.96. The first kappa shape index (κ1) is 24.2. The van der Waals surface area contributed by atoms with Crippen molar-refractivity contribution in [2.45, 2.75) is 51.1 Å². The van der Waals surface area contributed by atoms with Crippen molar-refractivity contribution in [3.05, 3.63) is 35.9 Å². The molecule has 1 aromatic carbocycles. The van der Waals surface area contributed by atoms with Gasteiger partial charge >= 0.3 is 0 Å². The van der Waals surface area contributed by atoms with E-state index in [0.717, 1.165) is 12.8 Å². The predicted molar refractivity (Wildman–Crippen MR) is 128 cm³/mol. The summed E-state index contributed by atoms with van der Waals surface area (Å²) in [5.74, 6) is 1.70. The lowest BCUT2D eigenvalue weighted by atomic mass is 10.1. The molecule has 1 aliphatic carbocycles. The minimum absolute atomic E-state index is 0.409. The Morgan fingerprint density at radius 2 is 1.44 bits per heavy atom. The minimum Gasteiger partial charge on any atom is -0.378 e. The van der Waals surface area contributed by atoms with Crippen LogP contribution in [-0.2, 0) is 16.0 Å². The molecule has 1 saturated carbocycles. The summed E-state index contributed by atoms with van der Waals surface area (Å²) < 4.78 is 10.9. The molecule has 0 radical (unpaired) electrons. The molecule has 5 N–H and O–H groups in total. The van der Waals surface area contributed by atoms with E-state index in [1.165, 1.54) is 31.2 Å². The van der Waals surface area contributed by atoms with E-state index in [0.29, 0.717) is 69.9 Å². The number of anilines is 3. The predicted octanol–water partition coefficient (Wildman–Crippen LogP) is 3.02. The molecule has 0 aliphatic heterocycles. The van der Waals surface area contributed by atoms with Gasteiger partial charge in [-0.05, 0) is 18.4 Å². The number of benzene rings is 1. The van der Waals surface area contributed by atoms with Gasteiger partial charge in [0.2, 0.25) is 17.8 Å². The van der Waals surface area contributed by atoms with Crippen LogP contribution in [0.15, 0.2) is 30.3 Å². The van der Waals surface area contributed by atoms with Gasteiger partial charge in [-0.2, -0.15) is 15.0 Å². The standard InChI is InChI=1S/C23H37N7O2/c24-12-14-31-16-17-32-15-13-25-21-28-22(26-18-19-8-4-3-5-9-19)30-23(29-21)27-20-10-6-1-2-7-11-20/h3-5,8-9,20H,1-2,6-7,10-18,24H2,(H3,25,26,27,28,29,30). The lowest BCUT2D eigenvalue weighted by Gasteiger charge is -2.17. The van der Waals surface area contributed by atoms with Gasteiger partial charge in [0.15, 0.2) is 0 Å². The van der Waals surface area contributed by atoms with Gasteiger partial charge in [-0.3, -0.25) is 0 Å². The third-order valence-corrected chi connectivity index (χ3v) is 5.28. The van der Waals surface area contributed by atoms with Crippen molar-refractivity contribution in [2.24, 2.45) is 5.73 Å². The van der Waals surface area contributed by atoms with Crippen LogP contribution in [0.5, 0.6) is 0 Å². The van der Waals surface area contributed by atoms with Crippen molar-refractivity contribution in [1.29, 1.82) is 0 Å². The Morgan fingerprint density at radius 1 is 0.781 bits per heavy atom. The number of nitrogens with one attached hydrogen (secondary N) is 3. The Kier molecular flexibility index (Phi) is 11.0. The van der Waals surface area contributed by atoms with E-state index in [1.54, 1.807) is 0 Å². The van der Waals surface area contributed by atoms with Gasteiger partial charge in [-0.1, -0.05) is 56.0 Å². The summed E-state index contributed by atoms with van der Waals surface area (Å²) in [5.41, 5.74) is 6.57. The molecule has 32 heavy (non-hydrogen) atoms. The molecule has 0 spiro atoms. The number of ether oxygens (including phenoxy) is 2. The molecule has 9 heteroatoms. The van der Waals surface area contributed by atoms with Crippen LogP contribution in [0.1, 0.15) is 44.1 Å². The van der Waals surface area contributed by atoms with Gasteiger partial charge in [-0.15, -0.1) is 0 Å². The Labute approximate surface area is 190 Å². The normalized spacial score (nSPS) is 14.7. The summed E-state index contributed by atoms with van der Waals surface area (Å²) in [6.07, 6.45) is 7.42. The molecule has 0 saturated heterocycles.